The van der Waals surface area contributed by atoms with Gasteiger partial charge >= 0.3 is 0 Å². The van der Waals surface area contributed by atoms with Gasteiger partial charge in [-0.25, -0.2) is 0 Å². The Balaban J connectivity index is 2.20. The number of hydrogen-bond donors (Lipinski definition) is 1. The van der Waals surface area contributed by atoms with Crippen LogP contribution in [0, 0.1) is 0 Å². The fourth-order valence-electron chi connectivity index (χ4n) is 1.97. The lowest BCUT2D eigenvalue weighted by Gasteiger charge is -2.14. The number of aromatic nitrogens is 1. The number of nitrogens with zero attached hydrogens (tertiary/aromatic N) is 1. The molecule has 18 heavy (non-hydrogen) atoms. The summed E-state index contributed by atoms with van der Waals surface area (Å²) < 4.78 is 7.25. The topological polar surface area (TPSA) is 34.4 Å². The molecule has 2 aromatic rings. The first kappa shape index (κ1) is 12.7. The molecule has 1 aromatic carbocycles. The first-order valence-corrected chi connectivity index (χ1v) is 6.11. The van der Waals surface area contributed by atoms with Crippen molar-refractivity contribution in [2.24, 2.45) is 0 Å². The maximum atomic E-state index is 9.53. The summed E-state index contributed by atoms with van der Waals surface area (Å²) in [5.74, 6) is 0.864. The fourth-order valence-corrected chi connectivity index (χ4v) is 1.97. The molecule has 0 aliphatic carbocycles. The Morgan fingerprint density at radius 3 is 2.22 bits per heavy atom. The predicted molar refractivity (Wildman–Crippen MR) is 71.9 cm³/mol. The smallest absolute Gasteiger partial charge is 0.118 e. The summed E-state index contributed by atoms with van der Waals surface area (Å²) in [6, 6.07) is 10.2. The molecule has 2 atom stereocenters. The summed E-state index contributed by atoms with van der Waals surface area (Å²) in [6.45, 7) is 3.91. The average molecular weight is 245 g/mol. The maximum Gasteiger partial charge on any atom is 0.118 e. The zero-order chi connectivity index (χ0) is 13.1. The lowest BCUT2D eigenvalue weighted by Crippen LogP contribution is -2.04. The first-order valence-electron chi connectivity index (χ1n) is 6.11. The van der Waals surface area contributed by atoms with Crippen molar-refractivity contribution in [3.05, 3.63) is 53.9 Å². The maximum absolute atomic E-state index is 9.53. The van der Waals surface area contributed by atoms with Gasteiger partial charge in [0.2, 0.25) is 0 Å². The average Bonchev–Trinajstić information content (AvgIpc) is 2.88. The van der Waals surface area contributed by atoms with E-state index in [-0.39, 0.29) is 6.04 Å². The molecule has 1 heterocycles. The van der Waals surface area contributed by atoms with Crippen molar-refractivity contribution >= 4 is 0 Å². The lowest BCUT2D eigenvalue weighted by atomic mass is 10.1. The molecule has 0 aliphatic heterocycles. The monoisotopic (exact) mass is 245 g/mol. The third kappa shape index (κ3) is 2.57. The molecular weight excluding hydrogens is 226 g/mol. The summed E-state index contributed by atoms with van der Waals surface area (Å²) in [7, 11) is 1.67. The number of aliphatic hydroxyl groups excluding tert-OH is 1. The molecule has 0 saturated carbocycles. The van der Waals surface area contributed by atoms with E-state index in [0.29, 0.717) is 0 Å². The normalized spacial score (nSPS) is 14.2. The molecule has 0 unspecified atom stereocenters. The summed E-state index contributed by atoms with van der Waals surface area (Å²) in [5, 5.41) is 9.53. The molecule has 96 valence electrons. The number of methoxy groups -OCH3 is 1. The third-order valence-corrected chi connectivity index (χ3v) is 3.27. The molecule has 0 spiro atoms. The molecule has 0 amide bonds. The van der Waals surface area contributed by atoms with Crippen LogP contribution in [0.15, 0.2) is 42.7 Å². The predicted octanol–water partition coefficient (Wildman–Crippen LogP) is 3.16. The van der Waals surface area contributed by atoms with E-state index < -0.39 is 6.10 Å². The van der Waals surface area contributed by atoms with Crippen molar-refractivity contribution in [2.45, 2.75) is 26.0 Å². The molecular formula is C15H19NO2. The minimum Gasteiger partial charge on any atom is -0.497 e. The van der Waals surface area contributed by atoms with E-state index >= 15 is 0 Å². The molecule has 1 N–H and O–H groups in total. The van der Waals surface area contributed by atoms with Gasteiger partial charge in [0.15, 0.2) is 0 Å². The van der Waals surface area contributed by atoms with Gasteiger partial charge in [0.05, 0.1) is 19.3 Å². The second-order valence-corrected chi connectivity index (χ2v) is 4.52. The highest BCUT2D eigenvalue weighted by Gasteiger charge is 2.09. The quantitative estimate of drug-likeness (QED) is 0.897. The lowest BCUT2D eigenvalue weighted by molar-refractivity contribution is 0.199. The van der Waals surface area contributed by atoms with E-state index in [4.69, 9.17) is 4.74 Å². The molecule has 0 bridgehead atoms. The van der Waals surface area contributed by atoms with Gasteiger partial charge < -0.3 is 14.4 Å². The standard InChI is InChI=1S/C15H19NO2/c1-11(13-4-6-15(18-3)7-5-13)16-9-8-14(10-16)12(2)17/h4-12,17H,1-3H3/t11-,12+/m1/s1. The Bertz CT molecular complexity index is 499. The summed E-state index contributed by atoms with van der Waals surface area (Å²) in [4.78, 5) is 0. The number of aliphatic hydroxyl groups is 1. The van der Waals surface area contributed by atoms with Crippen LogP contribution in [0.5, 0.6) is 5.75 Å². The van der Waals surface area contributed by atoms with E-state index in [1.165, 1.54) is 5.56 Å². The largest absolute Gasteiger partial charge is 0.497 e. The Morgan fingerprint density at radius 2 is 1.72 bits per heavy atom. The zero-order valence-corrected chi connectivity index (χ0v) is 11.0. The molecule has 0 fully saturated rings. The first-order chi connectivity index (χ1) is 8.61. The van der Waals surface area contributed by atoms with E-state index in [9.17, 15) is 5.11 Å². The fraction of sp³-hybridized carbons (Fsp3) is 0.333. The van der Waals surface area contributed by atoms with E-state index in [2.05, 4.69) is 23.6 Å². The van der Waals surface area contributed by atoms with E-state index in [1.807, 2.05) is 30.6 Å². The van der Waals surface area contributed by atoms with Gasteiger partial charge in [0.25, 0.3) is 0 Å². The van der Waals surface area contributed by atoms with Gasteiger partial charge in [-0.3, -0.25) is 0 Å². The van der Waals surface area contributed by atoms with Crippen molar-refractivity contribution < 1.29 is 9.84 Å². The van der Waals surface area contributed by atoms with Crippen LogP contribution in [0.3, 0.4) is 0 Å². The second-order valence-electron chi connectivity index (χ2n) is 4.52. The molecule has 2 rings (SSSR count). The van der Waals surface area contributed by atoms with Crippen molar-refractivity contribution in [3.63, 3.8) is 0 Å². The highest BCUT2D eigenvalue weighted by atomic mass is 16.5. The minimum atomic E-state index is -0.422. The number of hydrogen-bond acceptors (Lipinski definition) is 2. The number of rotatable bonds is 4. The van der Waals surface area contributed by atoms with Gasteiger partial charge in [-0.05, 0) is 43.2 Å². The third-order valence-electron chi connectivity index (χ3n) is 3.27. The van der Waals surface area contributed by atoms with Gasteiger partial charge in [0.1, 0.15) is 5.75 Å². The second kappa shape index (κ2) is 5.27. The van der Waals surface area contributed by atoms with E-state index in [1.54, 1.807) is 14.0 Å². The molecule has 3 nitrogen and oxygen atoms in total. The Labute approximate surface area is 108 Å². The van der Waals surface area contributed by atoms with Crippen molar-refractivity contribution in [3.8, 4) is 5.75 Å². The van der Waals surface area contributed by atoms with Gasteiger partial charge in [0, 0.05) is 12.4 Å². The van der Waals surface area contributed by atoms with Crippen molar-refractivity contribution in [1.82, 2.24) is 4.57 Å². The zero-order valence-electron chi connectivity index (χ0n) is 11.0. The molecule has 3 heteroatoms. The summed E-state index contributed by atoms with van der Waals surface area (Å²) in [5.41, 5.74) is 2.15. The number of ether oxygens (including phenoxy) is 1. The van der Waals surface area contributed by atoms with Gasteiger partial charge in [-0.15, -0.1) is 0 Å². The molecule has 0 radical (unpaired) electrons. The van der Waals surface area contributed by atoms with Gasteiger partial charge in [-0.1, -0.05) is 12.1 Å². The summed E-state index contributed by atoms with van der Waals surface area (Å²) >= 11 is 0. The van der Waals surface area contributed by atoms with Crippen LogP contribution >= 0.6 is 0 Å². The van der Waals surface area contributed by atoms with Gasteiger partial charge in [-0.2, -0.15) is 0 Å². The molecule has 0 aliphatic rings. The Morgan fingerprint density at radius 1 is 1.06 bits per heavy atom. The van der Waals surface area contributed by atoms with Crippen LogP contribution in [0.4, 0.5) is 0 Å². The van der Waals surface area contributed by atoms with Crippen LogP contribution in [-0.4, -0.2) is 16.8 Å². The van der Waals surface area contributed by atoms with Crippen molar-refractivity contribution in [2.75, 3.05) is 7.11 Å². The summed E-state index contributed by atoms with van der Waals surface area (Å²) in [6.07, 6.45) is 3.56. The SMILES string of the molecule is COc1ccc([C@@H](C)n2ccc([C@H](C)O)c2)cc1. The van der Waals surface area contributed by atoms with Crippen LogP contribution in [0.25, 0.3) is 0 Å². The van der Waals surface area contributed by atoms with Crippen LogP contribution in [0.2, 0.25) is 0 Å². The Hall–Kier alpha value is -1.74. The van der Waals surface area contributed by atoms with Crippen LogP contribution in [0.1, 0.15) is 37.1 Å². The molecule has 0 saturated heterocycles. The minimum absolute atomic E-state index is 0.239. The highest BCUT2D eigenvalue weighted by Crippen LogP contribution is 2.23. The van der Waals surface area contributed by atoms with E-state index in [0.717, 1.165) is 11.3 Å². The van der Waals surface area contributed by atoms with Crippen LogP contribution in [-0.2, 0) is 0 Å². The molecule has 1 aromatic heterocycles. The highest BCUT2D eigenvalue weighted by molar-refractivity contribution is 5.29. The Kier molecular flexibility index (Phi) is 3.72. The van der Waals surface area contributed by atoms with Crippen LogP contribution < -0.4 is 4.74 Å². The number of benzene rings is 1. The van der Waals surface area contributed by atoms with Crippen molar-refractivity contribution in [1.29, 1.82) is 0 Å².